The number of aryl methyl sites for hydroxylation is 2. The zero-order valence-corrected chi connectivity index (χ0v) is 16.0. The van der Waals surface area contributed by atoms with Crippen LogP contribution >= 0.6 is 0 Å². The highest BCUT2D eigenvalue weighted by Crippen LogP contribution is 2.29. The van der Waals surface area contributed by atoms with Crippen molar-refractivity contribution in [2.45, 2.75) is 24.5 Å². The van der Waals surface area contributed by atoms with Crippen LogP contribution in [0.2, 0.25) is 0 Å². The lowest BCUT2D eigenvalue weighted by atomic mass is 10.2. The Morgan fingerprint density at radius 2 is 1.86 bits per heavy atom. The van der Waals surface area contributed by atoms with Gasteiger partial charge in [-0.25, -0.2) is 8.42 Å². The van der Waals surface area contributed by atoms with Crippen molar-refractivity contribution in [3.8, 4) is 0 Å². The number of hydrogen-bond acceptors (Lipinski definition) is 5. The number of rotatable bonds is 4. The standard InChI is InChI=1S/C15H19F3N6O3S/c1-3-24-12(8-13(20-24)15(16,17)18)14(25)22-4-6-23(7-5-22)28(26,27)11-9-19-21(2)10-11/h8-10H,3-7H2,1-2H3. The van der Waals surface area contributed by atoms with E-state index in [0.29, 0.717) is 0 Å². The van der Waals surface area contributed by atoms with E-state index in [1.54, 1.807) is 14.0 Å². The van der Waals surface area contributed by atoms with E-state index in [0.717, 1.165) is 10.7 Å². The van der Waals surface area contributed by atoms with Crippen molar-refractivity contribution in [1.29, 1.82) is 0 Å². The summed E-state index contributed by atoms with van der Waals surface area (Å²) in [5, 5.41) is 7.29. The van der Waals surface area contributed by atoms with Crippen LogP contribution in [0.25, 0.3) is 0 Å². The smallest absolute Gasteiger partial charge is 0.335 e. The summed E-state index contributed by atoms with van der Waals surface area (Å²) in [6.07, 6.45) is -2.03. The normalized spacial score (nSPS) is 16.5. The Labute approximate surface area is 159 Å². The Morgan fingerprint density at radius 3 is 2.36 bits per heavy atom. The fraction of sp³-hybridized carbons (Fsp3) is 0.533. The predicted octanol–water partition coefficient (Wildman–Crippen LogP) is 0.802. The number of sulfonamides is 1. The van der Waals surface area contributed by atoms with E-state index in [1.165, 1.54) is 26.3 Å². The molecule has 3 heterocycles. The van der Waals surface area contributed by atoms with Gasteiger partial charge in [0.05, 0.1) is 6.20 Å². The van der Waals surface area contributed by atoms with E-state index >= 15 is 0 Å². The third-order valence-electron chi connectivity index (χ3n) is 4.43. The summed E-state index contributed by atoms with van der Waals surface area (Å²) in [6.45, 7) is 1.89. The molecule has 1 saturated heterocycles. The maximum atomic E-state index is 12.9. The molecule has 154 valence electrons. The number of halogens is 3. The van der Waals surface area contributed by atoms with E-state index in [9.17, 15) is 26.4 Å². The van der Waals surface area contributed by atoms with Crippen molar-refractivity contribution in [2.75, 3.05) is 26.2 Å². The molecule has 2 aromatic heterocycles. The van der Waals surface area contributed by atoms with Gasteiger partial charge in [-0.05, 0) is 6.92 Å². The fourth-order valence-electron chi connectivity index (χ4n) is 2.94. The third kappa shape index (κ3) is 3.76. The van der Waals surface area contributed by atoms with Crippen molar-refractivity contribution in [1.82, 2.24) is 28.8 Å². The summed E-state index contributed by atoms with van der Waals surface area (Å²) in [4.78, 5) is 14.0. The lowest BCUT2D eigenvalue weighted by molar-refractivity contribution is -0.141. The Hall–Kier alpha value is -2.41. The fourth-order valence-corrected chi connectivity index (χ4v) is 4.35. The lowest BCUT2D eigenvalue weighted by Crippen LogP contribution is -2.50. The second kappa shape index (κ2) is 7.20. The number of piperazine rings is 1. The first kappa shape index (κ1) is 20.3. The van der Waals surface area contributed by atoms with Crippen LogP contribution in [-0.2, 0) is 29.8 Å². The molecule has 1 fully saturated rings. The average molecular weight is 420 g/mol. The van der Waals surface area contributed by atoms with E-state index in [1.807, 2.05) is 0 Å². The molecule has 0 saturated carbocycles. The zero-order valence-electron chi connectivity index (χ0n) is 15.2. The number of carbonyl (C=O) groups excluding carboxylic acids is 1. The maximum Gasteiger partial charge on any atom is 0.435 e. The largest absolute Gasteiger partial charge is 0.435 e. The molecule has 13 heteroatoms. The van der Waals surface area contributed by atoms with Gasteiger partial charge in [0.25, 0.3) is 5.91 Å². The highest BCUT2D eigenvalue weighted by Gasteiger charge is 2.37. The Kier molecular flexibility index (Phi) is 5.23. The zero-order chi connectivity index (χ0) is 20.7. The van der Waals surface area contributed by atoms with Crippen LogP contribution in [0.15, 0.2) is 23.4 Å². The molecule has 28 heavy (non-hydrogen) atoms. The first-order chi connectivity index (χ1) is 13.0. The van der Waals surface area contributed by atoms with Gasteiger partial charge in [0.1, 0.15) is 10.6 Å². The minimum absolute atomic E-state index is 0.0371. The molecule has 0 spiro atoms. The van der Waals surface area contributed by atoms with Gasteiger partial charge in [-0.15, -0.1) is 0 Å². The van der Waals surface area contributed by atoms with Crippen molar-refractivity contribution in [3.63, 3.8) is 0 Å². The molecule has 0 radical (unpaired) electrons. The molecule has 1 aliphatic heterocycles. The van der Waals surface area contributed by atoms with Crippen molar-refractivity contribution < 1.29 is 26.4 Å². The second-order valence-corrected chi connectivity index (χ2v) is 8.21. The minimum Gasteiger partial charge on any atom is -0.335 e. The first-order valence-electron chi connectivity index (χ1n) is 8.47. The van der Waals surface area contributed by atoms with Crippen LogP contribution in [0.1, 0.15) is 23.1 Å². The van der Waals surface area contributed by atoms with Crippen LogP contribution in [0.4, 0.5) is 13.2 Å². The number of amides is 1. The average Bonchev–Trinajstić information content (AvgIpc) is 3.27. The van der Waals surface area contributed by atoms with Gasteiger partial charge in [0.15, 0.2) is 5.69 Å². The highest BCUT2D eigenvalue weighted by molar-refractivity contribution is 7.89. The molecule has 0 bridgehead atoms. The van der Waals surface area contributed by atoms with Crippen LogP contribution in [0, 0.1) is 0 Å². The van der Waals surface area contributed by atoms with Crippen molar-refractivity contribution >= 4 is 15.9 Å². The SMILES string of the molecule is CCn1nc(C(F)(F)F)cc1C(=O)N1CCN(S(=O)(=O)c2cnn(C)c2)CC1. The number of carbonyl (C=O) groups is 1. The van der Waals surface area contributed by atoms with Gasteiger partial charge in [-0.3, -0.25) is 14.2 Å². The molecule has 9 nitrogen and oxygen atoms in total. The van der Waals surface area contributed by atoms with Crippen LogP contribution < -0.4 is 0 Å². The summed E-state index contributed by atoms with van der Waals surface area (Å²) >= 11 is 0. The molecular weight excluding hydrogens is 401 g/mol. The van der Waals surface area contributed by atoms with Crippen LogP contribution in [0.5, 0.6) is 0 Å². The summed E-state index contributed by atoms with van der Waals surface area (Å²) < 4.78 is 67.4. The molecular formula is C15H19F3N6O3S. The van der Waals surface area contributed by atoms with Gasteiger partial charge in [-0.2, -0.15) is 27.7 Å². The number of alkyl halides is 3. The van der Waals surface area contributed by atoms with E-state index < -0.39 is 27.8 Å². The molecule has 0 aliphatic carbocycles. The monoisotopic (exact) mass is 420 g/mol. The molecule has 1 amide bonds. The highest BCUT2D eigenvalue weighted by atomic mass is 32.2. The van der Waals surface area contributed by atoms with Crippen molar-refractivity contribution in [3.05, 3.63) is 29.8 Å². The molecule has 0 aromatic carbocycles. The lowest BCUT2D eigenvalue weighted by Gasteiger charge is -2.33. The molecule has 0 N–H and O–H groups in total. The topological polar surface area (TPSA) is 93.3 Å². The van der Waals surface area contributed by atoms with Gasteiger partial charge in [0, 0.05) is 52.0 Å². The molecule has 1 aliphatic rings. The van der Waals surface area contributed by atoms with Gasteiger partial charge < -0.3 is 4.90 Å². The van der Waals surface area contributed by atoms with Crippen LogP contribution in [0.3, 0.4) is 0 Å². The number of hydrogen-bond donors (Lipinski definition) is 0. The first-order valence-corrected chi connectivity index (χ1v) is 9.91. The predicted molar refractivity (Wildman–Crippen MR) is 90.8 cm³/mol. The Balaban J connectivity index is 1.73. The molecule has 0 unspecified atom stereocenters. The molecule has 2 aromatic rings. The van der Waals surface area contributed by atoms with Gasteiger partial charge >= 0.3 is 6.18 Å². The van der Waals surface area contributed by atoms with Gasteiger partial charge in [0.2, 0.25) is 10.0 Å². The van der Waals surface area contributed by atoms with E-state index in [4.69, 9.17) is 0 Å². The molecule has 3 rings (SSSR count). The van der Waals surface area contributed by atoms with Gasteiger partial charge in [-0.1, -0.05) is 0 Å². The summed E-state index contributed by atoms with van der Waals surface area (Å²) in [5.41, 5.74) is -1.30. The second-order valence-electron chi connectivity index (χ2n) is 6.27. The van der Waals surface area contributed by atoms with E-state index in [2.05, 4.69) is 10.2 Å². The Bertz CT molecular complexity index is 974. The quantitative estimate of drug-likeness (QED) is 0.730. The molecule has 0 atom stereocenters. The summed E-state index contributed by atoms with van der Waals surface area (Å²) in [7, 11) is -2.14. The number of aromatic nitrogens is 4. The maximum absolute atomic E-state index is 12.9. The minimum atomic E-state index is -4.65. The van der Waals surface area contributed by atoms with Crippen molar-refractivity contribution in [2.24, 2.45) is 7.05 Å². The third-order valence-corrected chi connectivity index (χ3v) is 6.29. The van der Waals surface area contributed by atoms with E-state index in [-0.39, 0.29) is 43.3 Å². The summed E-state index contributed by atoms with van der Waals surface area (Å²) in [6, 6.07) is 0.727. The summed E-state index contributed by atoms with van der Waals surface area (Å²) in [5.74, 6) is -0.608. The Morgan fingerprint density at radius 1 is 1.21 bits per heavy atom. The number of nitrogens with zero attached hydrogens (tertiary/aromatic N) is 6. The van der Waals surface area contributed by atoms with Crippen LogP contribution in [-0.4, -0.2) is 69.3 Å².